The lowest BCUT2D eigenvalue weighted by Crippen LogP contribution is -2.39. The molecule has 0 radical (unpaired) electrons. The van der Waals surface area contributed by atoms with Crippen LogP contribution in [-0.2, 0) is 16.6 Å². The van der Waals surface area contributed by atoms with Crippen LogP contribution in [0.5, 0.6) is 0 Å². The molecule has 4 nitrogen and oxygen atoms in total. The van der Waals surface area contributed by atoms with E-state index in [-0.39, 0.29) is 16.4 Å². The Morgan fingerprint density at radius 3 is 2.35 bits per heavy atom. The molecule has 20 heavy (non-hydrogen) atoms. The summed E-state index contributed by atoms with van der Waals surface area (Å²) in [5.74, 6) is -0.864. The molecule has 0 aromatic heterocycles. The van der Waals surface area contributed by atoms with Crippen LogP contribution in [0.1, 0.15) is 12.5 Å². The van der Waals surface area contributed by atoms with Gasteiger partial charge in [0, 0.05) is 18.7 Å². The first-order valence-corrected chi connectivity index (χ1v) is 7.11. The summed E-state index contributed by atoms with van der Waals surface area (Å²) in [6, 6.07) is 3.16. The van der Waals surface area contributed by atoms with E-state index in [2.05, 4.69) is 0 Å². The molecule has 0 aliphatic carbocycles. The normalized spacial score (nSPS) is 12.9. The molecule has 114 valence electrons. The van der Waals surface area contributed by atoms with E-state index in [1.807, 2.05) is 0 Å². The van der Waals surface area contributed by atoms with Crippen molar-refractivity contribution in [3.63, 3.8) is 0 Å². The van der Waals surface area contributed by atoms with Crippen LogP contribution in [0.3, 0.4) is 0 Å². The van der Waals surface area contributed by atoms with Gasteiger partial charge < -0.3 is 5.73 Å². The predicted molar refractivity (Wildman–Crippen MR) is 64.8 cm³/mol. The summed E-state index contributed by atoms with van der Waals surface area (Å²) < 4.78 is 75.3. The molecule has 0 fully saturated rings. The second kappa shape index (κ2) is 6.06. The zero-order chi connectivity index (χ0) is 15.6. The van der Waals surface area contributed by atoms with Crippen molar-refractivity contribution in [3.8, 4) is 0 Å². The third-order valence-corrected chi connectivity index (χ3v) is 4.61. The monoisotopic (exact) mass is 314 g/mol. The van der Waals surface area contributed by atoms with E-state index in [1.54, 1.807) is 0 Å². The van der Waals surface area contributed by atoms with Gasteiger partial charge in [-0.2, -0.15) is 17.5 Å². The van der Waals surface area contributed by atoms with Crippen molar-refractivity contribution in [2.24, 2.45) is 5.73 Å². The maximum atomic E-state index is 13.5. The van der Waals surface area contributed by atoms with Gasteiger partial charge in [0.15, 0.2) is 0 Å². The summed E-state index contributed by atoms with van der Waals surface area (Å²) in [6.45, 7) is -1.18. The fraction of sp³-hybridized carbons (Fsp3) is 0.455. The Hall–Kier alpha value is -1.19. The Kier molecular flexibility index (Phi) is 5.11. The molecule has 1 aromatic rings. The summed E-state index contributed by atoms with van der Waals surface area (Å²) in [6.07, 6.45) is -4.68. The van der Waals surface area contributed by atoms with Crippen molar-refractivity contribution in [2.45, 2.75) is 24.5 Å². The van der Waals surface area contributed by atoms with Gasteiger partial charge in [-0.25, -0.2) is 12.8 Å². The van der Waals surface area contributed by atoms with E-state index in [0.717, 1.165) is 18.2 Å². The van der Waals surface area contributed by atoms with Gasteiger partial charge in [0.05, 0.1) is 4.90 Å². The molecule has 0 heterocycles. The van der Waals surface area contributed by atoms with Crippen LogP contribution < -0.4 is 5.73 Å². The van der Waals surface area contributed by atoms with Crippen molar-refractivity contribution >= 4 is 10.0 Å². The van der Waals surface area contributed by atoms with Crippen LogP contribution in [0, 0.1) is 5.82 Å². The molecule has 0 amide bonds. The Labute approximate surface area is 114 Å². The number of halogens is 4. The molecular formula is C11H14F4N2O2S. The largest absolute Gasteiger partial charge is 0.402 e. The van der Waals surface area contributed by atoms with E-state index >= 15 is 0 Å². The SMILES string of the molecule is CCN(CC(F)(F)F)S(=O)(=O)c1cccc(F)c1CN. The number of nitrogens with zero attached hydrogens (tertiary/aromatic N) is 1. The Balaban J connectivity index is 3.32. The molecule has 0 bridgehead atoms. The van der Waals surface area contributed by atoms with E-state index in [9.17, 15) is 26.0 Å². The summed E-state index contributed by atoms with van der Waals surface area (Å²) >= 11 is 0. The van der Waals surface area contributed by atoms with Crippen LogP contribution >= 0.6 is 0 Å². The van der Waals surface area contributed by atoms with Crippen molar-refractivity contribution < 1.29 is 26.0 Å². The van der Waals surface area contributed by atoms with Crippen molar-refractivity contribution in [1.82, 2.24) is 4.31 Å². The molecular weight excluding hydrogens is 300 g/mol. The third kappa shape index (κ3) is 3.68. The highest BCUT2D eigenvalue weighted by molar-refractivity contribution is 7.89. The van der Waals surface area contributed by atoms with Crippen molar-refractivity contribution in [2.75, 3.05) is 13.1 Å². The summed E-state index contributed by atoms with van der Waals surface area (Å²) in [7, 11) is -4.46. The molecule has 1 rings (SSSR count). The summed E-state index contributed by atoms with van der Waals surface area (Å²) in [4.78, 5) is -0.536. The maximum Gasteiger partial charge on any atom is 0.402 e. The topological polar surface area (TPSA) is 63.4 Å². The average molecular weight is 314 g/mol. The second-order valence-electron chi connectivity index (χ2n) is 3.97. The van der Waals surface area contributed by atoms with Crippen molar-refractivity contribution in [3.05, 3.63) is 29.6 Å². The van der Waals surface area contributed by atoms with Gasteiger partial charge in [0.25, 0.3) is 0 Å². The number of nitrogens with two attached hydrogens (primary N) is 1. The molecule has 9 heteroatoms. The molecule has 0 spiro atoms. The minimum Gasteiger partial charge on any atom is -0.326 e. The fourth-order valence-electron chi connectivity index (χ4n) is 1.68. The van der Waals surface area contributed by atoms with Crippen molar-refractivity contribution in [1.29, 1.82) is 0 Å². The average Bonchev–Trinajstić information content (AvgIpc) is 2.34. The van der Waals surface area contributed by atoms with Gasteiger partial charge in [-0.3, -0.25) is 0 Å². The molecule has 0 aliphatic heterocycles. The Morgan fingerprint density at radius 2 is 1.90 bits per heavy atom. The fourth-order valence-corrected chi connectivity index (χ4v) is 3.36. The van der Waals surface area contributed by atoms with Gasteiger partial charge in [-0.05, 0) is 12.1 Å². The number of rotatable bonds is 5. The summed E-state index contributed by atoms with van der Waals surface area (Å²) in [5.41, 5.74) is 4.95. The standard InChI is InChI=1S/C11H14F4N2O2S/c1-2-17(7-11(13,14)15)20(18,19)10-5-3-4-9(12)8(10)6-16/h3-5H,2,6-7,16H2,1H3. The zero-order valence-corrected chi connectivity index (χ0v) is 11.4. The zero-order valence-electron chi connectivity index (χ0n) is 10.6. The Bertz CT molecular complexity index is 572. The van der Waals surface area contributed by atoms with Gasteiger partial charge in [-0.15, -0.1) is 0 Å². The van der Waals surface area contributed by atoms with E-state index in [1.165, 1.54) is 6.92 Å². The van der Waals surface area contributed by atoms with Crippen LogP contribution in [-0.4, -0.2) is 32.0 Å². The highest BCUT2D eigenvalue weighted by Gasteiger charge is 2.37. The minimum absolute atomic E-state index is 0.237. The quantitative estimate of drug-likeness (QED) is 0.844. The molecule has 0 aliphatic rings. The lowest BCUT2D eigenvalue weighted by molar-refractivity contribution is -0.135. The number of hydrogen-bond donors (Lipinski definition) is 1. The molecule has 0 unspecified atom stereocenters. The number of hydrogen-bond acceptors (Lipinski definition) is 3. The molecule has 0 saturated heterocycles. The second-order valence-corrected chi connectivity index (χ2v) is 5.87. The van der Waals surface area contributed by atoms with E-state index in [0.29, 0.717) is 0 Å². The molecule has 0 saturated carbocycles. The van der Waals surface area contributed by atoms with Crippen LogP contribution in [0.4, 0.5) is 17.6 Å². The molecule has 1 aromatic carbocycles. The lowest BCUT2D eigenvalue weighted by atomic mass is 10.2. The van der Waals surface area contributed by atoms with Gasteiger partial charge in [0.2, 0.25) is 10.0 Å². The van der Waals surface area contributed by atoms with E-state index < -0.39 is 40.0 Å². The van der Waals surface area contributed by atoms with Crippen LogP contribution in [0.25, 0.3) is 0 Å². The third-order valence-electron chi connectivity index (χ3n) is 2.61. The number of sulfonamides is 1. The number of benzene rings is 1. The van der Waals surface area contributed by atoms with E-state index in [4.69, 9.17) is 5.73 Å². The highest BCUT2D eigenvalue weighted by Crippen LogP contribution is 2.25. The van der Waals surface area contributed by atoms with Gasteiger partial charge in [0.1, 0.15) is 12.4 Å². The Morgan fingerprint density at radius 1 is 1.30 bits per heavy atom. The van der Waals surface area contributed by atoms with Gasteiger partial charge in [-0.1, -0.05) is 13.0 Å². The first-order valence-electron chi connectivity index (χ1n) is 5.67. The number of alkyl halides is 3. The highest BCUT2D eigenvalue weighted by atomic mass is 32.2. The van der Waals surface area contributed by atoms with Crippen LogP contribution in [0.2, 0.25) is 0 Å². The summed E-state index contributed by atoms with van der Waals surface area (Å²) in [5, 5.41) is 0. The minimum atomic E-state index is -4.68. The molecule has 2 N–H and O–H groups in total. The first-order chi connectivity index (χ1) is 9.13. The van der Waals surface area contributed by atoms with Gasteiger partial charge >= 0.3 is 6.18 Å². The maximum absolute atomic E-state index is 13.5. The predicted octanol–water partition coefficient (Wildman–Crippen LogP) is 1.86. The molecule has 0 atom stereocenters. The van der Waals surface area contributed by atoms with Crippen LogP contribution in [0.15, 0.2) is 23.1 Å². The smallest absolute Gasteiger partial charge is 0.326 e. The lowest BCUT2D eigenvalue weighted by Gasteiger charge is -2.23. The first kappa shape index (κ1) is 16.9.